The van der Waals surface area contributed by atoms with Crippen LogP contribution in [0.25, 0.3) is 10.9 Å². The van der Waals surface area contributed by atoms with Crippen LogP contribution in [0.2, 0.25) is 0 Å². The first kappa shape index (κ1) is 21.2. The first-order valence-electron chi connectivity index (χ1n) is 11.0. The van der Waals surface area contributed by atoms with Gasteiger partial charge in [-0.1, -0.05) is 61.9 Å². The van der Waals surface area contributed by atoms with Gasteiger partial charge >= 0.3 is 0 Å². The van der Waals surface area contributed by atoms with E-state index in [0.29, 0.717) is 31.2 Å². The molecule has 0 fully saturated rings. The number of hydrogen-bond acceptors (Lipinski definition) is 2. The Hall–Kier alpha value is -3.08. The Labute approximate surface area is 184 Å². The maximum Gasteiger partial charge on any atom is 0.271 e. The molecule has 31 heavy (non-hydrogen) atoms. The van der Waals surface area contributed by atoms with Gasteiger partial charge in [-0.15, -0.1) is 0 Å². The first-order valence-corrected chi connectivity index (χ1v) is 11.0. The zero-order chi connectivity index (χ0) is 22.2. The third-order valence-corrected chi connectivity index (χ3v) is 6.26. The highest BCUT2D eigenvalue weighted by atomic mass is 16.2. The van der Waals surface area contributed by atoms with Crippen molar-refractivity contribution >= 4 is 22.7 Å². The average molecular weight is 418 g/mol. The van der Waals surface area contributed by atoms with Gasteiger partial charge in [0.25, 0.3) is 5.91 Å². The number of carbonyl (C=O) groups excluding carboxylic acids is 2. The lowest BCUT2D eigenvalue weighted by Gasteiger charge is -2.44. The number of hydrogen-bond donors (Lipinski definition) is 1. The molecule has 5 nitrogen and oxygen atoms in total. The van der Waals surface area contributed by atoms with Gasteiger partial charge in [-0.05, 0) is 43.9 Å². The molecule has 1 aliphatic heterocycles. The summed E-state index contributed by atoms with van der Waals surface area (Å²) in [6, 6.07) is 18.0. The number of nitrogens with zero attached hydrogens (tertiary/aromatic N) is 2. The lowest BCUT2D eigenvalue weighted by Crippen LogP contribution is -2.63. The van der Waals surface area contributed by atoms with Crippen molar-refractivity contribution in [2.24, 2.45) is 5.92 Å². The number of fused-ring (bicyclic) bond motifs is 3. The number of aromatic nitrogens is 1. The van der Waals surface area contributed by atoms with E-state index in [1.807, 2.05) is 66.9 Å². The summed E-state index contributed by atoms with van der Waals surface area (Å²) in [4.78, 5) is 28.9. The molecule has 1 N–H and O–H groups in total. The molecule has 0 bridgehead atoms. The minimum Gasteiger partial charge on any atom is -0.354 e. The van der Waals surface area contributed by atoms with Gasteiger partial charge in [0.2, 0.25) is 5.91 Å². The van der Waals surface area contributed by atoms with Gasteiger partial charge in [-0.3, -0.25) is 9.59 Å². The molecule has 0 aliphatic carbocycles. The normalized spacial score (nSPS) is 18.5. The highest BCUT2D eigenvalue weighted by Crippen LogP contribution is 2.33. The fraction of sp³-hybridized carbons (Fsp3) is 0.385. The van der Waals surface area contributed by atoms with Crippen molar-refractivity contribution in [1.82, 2.24) is 14.8 Å². The van der Waals surface area contributed by atoms with Gasteiger partial charge in [0, 0.05) is 24.0 Å². The summed E-state index contributed by atoms with van der Waals surface area (Å²) < 4.78 is 2.01. The molecule has 2 heterocycles. The monoisotopic (exact) mass is 417 g/mol. The second-order valence-electron chi connectivity index (χ2n) is 9.27. The smallest absolute Gasteiger partial charge is 0.271 e. The summed E-state index contributed by atoms with van der Waals surface area (Å²) in [6.45, 7) is 9.65. The van der Waals surface area contributed by atoms with Crippen LogP contribution < -0.4 is 5.32 Å². The van der Waals surface area contributed by atoms with E-state index in [4.69, 9.17) is 0 Å². The van der Waals surface area contributed by atoms with Crippen molar-refractivity contribution in [3.8, 4) is 0 Å². The van der Waals surface area contributed by atoms with E-state index >= 15 is 0 Å². The molecule has 0 saturated carbocycles. The van der Waals surface area contributed by atoms with Crippen molar-refractivity contribution in [3.63, 3.8) is 0 Å². The van der Waals surface area contributed by atoms with Crippen LogP contribution in [0.3, 0.4) is 0 Å². The largest absolute Gasteiger partial charge is 0.354 e. The van der Waals surface area contributed by atoms with E-state index in [1.165, 1.54) is 0 Å². The number of rotatable bonds is 6. The maximum absolute atomic E-state index is 13.7. The second kappa shape index (κ2) is 8.22. The average Bonchev–Trinajstić information content (AvgIpc) is 3.09. The molecule has 3 aromatic rings. The fourth-order valence-corrected chi connectivity index (χ4v) is 4.41. The minimum atomic E-state index is -0.980. The molecule has 2 aromatic carbocycles. The van der Waals surface area contributed by atoms with Crippen molar-refractivity contribution in [1.29, 1.82) is 0 Å². The number of carbonyl (C=O) groups is 2. The molecule has 0 spiro atoms. The Morgan fingerprint density at radius 3 is 2.65 bits per heavy atom. The zero-order valence-electron chi connectivity index (χ0n) is 18.8. The van der Waals surface area contributed by atoms with Crippen LogP contribution in [0.4, 0.5) is 0 Å². The predicted molar refractivity (Wildman–Crippen MR) is 124 cm³/mol. The number of para-hydroxylation sites is 1. The Morgan fingerprint density at radius 1 is 1.13 bits per heavy atom. The highest BCUT2D eigenvalue weighted by Gasteiger charge is 2.47. The predicted octanol–water partition coefficient (Wildman–Crippen LogP) is 4.53. The number of amides is 2. The van der Waals surface area contributed by atoms with E-state index in [9.17, 15) is 9.59 Å². The van der Waals surface area contributed by atoms with Crippen molar-refractivity contribution in [2.75, 3.05) is 6.54 Å². The van der Waals surface area contributed by atoms with Crippen molar-refractivity contribution in [3.05, 3.63) is 71.4 Å². The SMILES string of the molecule is Cc1cccc(CN2C(=O)c3cc4ccccc4n3C[C@]2(C)C(=O)NCCC(C)C)c1. The molecule has 0 unspecified atom stereocenters. The van der Waals surface area contributed by atoms with Gasteiger partial charge in [0.05, 0.1) is 6.54 Å². The van der Waals surface area contributed by atoms with Crippen molar-refractivity contribution < 1.29 is 9.59 Å². The third-order valence-electron chi connectivity index (χ3n) is 6.26. The molecule has 1 atom stereocenters. The van der Waals surface area contributed by atoms with Gasteiger partial charge < -0.3 is 14.8 Å². The fourth-order valence-electron chi connectivity index (χ4n) is 4.41. The number of nitrogens with one attached hydrogen (secondary N) is 1. The molecule has 4 rings (SSSR count). The van der Waals surface area contributed by atoms with Gasteiger partial charge in [0.1, 0.15) is 11.2 Å². The second-order valence-corrected chi connectivity index (χ2v) is 9.27. The van der Waals surface area contributed by atoms with E-state index in [0.717, 1.165) is 28.5 Å². The lowest BCUT2D eigenvalue weighted by atomic mass is 9.93. The molecule has 1 aromatic heterocycles. The van der Waals surface area contributed by atoms with Crippen LogP contribution in [-0.4, -0.2) is 33.4 Å². The van der Waals surface area contributed by atoms with Crippen LogP contribution in [0, 0.1) is 12.8 Å². The summed E-state index contributed by atoms with van der Waals surface area (Å²) in [5, 5.41) is 4.12. The van der Waals surface area contributed by atoms with Gasteiger partial charge in [0.15, 0.2) is 0 Å². The van der Waals surface area contributed by atoms with Crippen molar-refractivity contribution in [2.45, 2.75) is 52.7 Å². The van der Waals surface area contributed by atoms with E-state index in [-0.39, 0.29) is 11.8 Å². The molecule has 0 saturated heterocycles. The van der Waals surface area contributed by atoms with E-state index in [2.05, 4.69) is 25.2 Å². The molecule has 2 amide bonds. The Kier molecular flexibility index (Phi) is 5.61. The van der Waals surface area contributed by atoms with Crippen LogP contribution in [-0.2, 0) is 17.9 Å². The summed E-state index contributed by atoms with van der Waals surface area (Å²) >= 11 is 0. The summed E-state index contributed by atoms with van der Waals surface area (Å²) in [7, 11) is 0. The standard InChI is InChI=1S/C26H31N3O2/c1-18(2)12-13-27-25(31)26(4)17-28-22-11-6-5-10-21(22)15-23(28)24(30)29(26)16-20-9-7-8-19(3)14-20/h5-11,14-15,18H,12-13,16-17H2,1-4H3,(H,27,31)/t26-/m1/s1. The van der Waals surface area contributed by atoms with E-state index < -0.39 is 5.54 Å². The molecular formula is C26H31N3O2. The number of benzene rings is 2. The van der Waals surface area contributed by atoms with E-state index in [1.54, 1.807) is 4.90 Å². The third kappa shape index (κ3) is 3.97. The zero-order valence-corrected chi connectivity index (χ0v) is 18.8. The summed E-state index contributed by atoms with van der Waals surface area (Å²) in [5.74, 6) is 0.299. The summed E-state index contributed by atoms with van der Waals surface area (Å²) in [5.41, 5.74) is 2.81. The molecule has 1 aliphatic rings. The first-order chi connectivity index (χ1) is 14.8. The maximum atomic E-state index is 13.7. The minimum absolute atomic E-state index is 0.0995. The molecule has 162 valence electrons. The molecule has 0 radical (unpaired) electrons. The molecular weight excluding hydrogens is 386 g/mol. The van der Waals surface area contributed by atoms with Crippen LogP contribution in [0.5, 0.6) is 0 Å². The quantitative estimate of drug-likeness (QED) is 0.641. The Balaban J connectivity index is 1.74. The Morgan fingerprint density at radius 2 is 1.90 bits per heavy atom. The highest BCUT2D eigenvalue weighted by molar-refractivity contribution is 6.03. The van der Waals surface area contributed by atoms with Gasteiger partial charge in [-0.25, -0.2) is 0 Å². The lowest BCUT2D eigenvalue weighted by molar-refractivity contribution is -0.133. The molecule has 5 heteroatoms. The van der Waals surface area contributed by atoms with Crippen LogP contribution in [0.1, 0.15) is 48.8 Å². The van der Waals surface area contributed by atoms with Crippen LogP contribution >= 0.6 is 0 Å². The number of aryl methyl sites for hydroxylation is 1. The van der Waals surface area contributed by atoms with Gasteiger partial charge in [-0.2, -0.15) is 0 Å². The topological polar surface area (TPSA) is 54.3 Å². The Bertz CT molecular complexity index is 1130. The van der Waals surface area contributed by atoms with Crippen LogP contribution in [0.15, 0.2) is 54.6 Å². The summed E-state index contributed by atoms with van der Waals surface area (Å²) in [6.07, 6.45) is 0.908.